The van der Waals surface area contributed by atoms with Crippen molar-refractivity contribution in [1.29, 1.82) is 0 Å². The zero-order valence-corrected chi connectivity index (χ0v) is 11.9. The average molecular weight is 261 g/mol. The highest BCUT2D eigenvalue weighted by molar-refractivity contribution is 5.78. The first-order chi connectivity index (χ1) is 9.16. The Morgan fingerprint density at radius 1 is 1.42 bits per heavy atom. The third-order valence-electron chi connectivity index (χ3n) is 4.30. The third kappa shape index (κ3) is 2.46. The molecule has 2 aliphatic rings. The molecule has 1 fully saturated rings. The molecule has 1 saturated carbocycles. The Kier molecular flexibility index (Phi) is 3.21. The van der Waals surface area contributed by atoms with Crippen LogP contribution < -0.4 is 5.73 Å². The van der Waals surface area contributed by atoms with E-state index in [0.29, 0.717) is 18.5 Å². The predicted molar refractivity (Wildman–Crippen MR) is 76.0 cm³/mol. The summed E-state index contributed by atoms with van der Waals surface area (Å²) >= 11 is 0. The minimum atomic E-state index is 0.615. The number of aromatic nitrogens is 2. The van der Waals surface area contributed by atoms with E-state index in [0.717, 1.165) is 12.8 Å². The Balaban J connectivity index is 1.75. The first-order valence-electron chi connectivity index (χ1n) is 7.23. The van der Waals surface area contributed by atoms with Gasteiger partial charge in [0.1, 0.15) is 0 Å². The molecule has 0 aromatic carbocycles. The van der Waals surface area contributed by atoms with Gasteiger partial charge in [-0.1, -0.05) is 0 Å². The molecule has 0 spiro atoms. The zero-order valence-electron chi connectivity index (χ0n) is 11.9. The fraction of sp³-hybridized carbons (Fsp3) is 0.714. The van der Waals surface area contributed by atoms with Crippen LogP contribution in [0.25, 0.3) is 0 Å². The number of hydrogen-bond acceptors (Lipinski definition) is 2. The van der Waals surface area contributed by atoms with E-state index in [1.807, 2.05) is 18.8 Å². The lowest BCUT2D eigenvalue weighted by atomic mass is 9.96. The highest BCUT2D eigenvalue weighted by Gasteiger charge is 2.27. The van der Waals surface area contributed by atoms with Crippen LogP contribution in [0.15, 0.2) is 4.99 Å². The van der Waals surface area contributed by atoms with Crippen LogP contribution in [0.2, 0.25) is 0 Å². The average Bonchev–Trinajstić information content (AvgIpc) is 3.19. The molecular formula is C14H23N5. The van der Waals surface area contributed by atoms with Gasteiger partial charge in [0.2, 0.25) is 0 Å². The molecular weight excluding hydrogens is 238 g/mol. The Labute approximate surface area is 114 Å². The summed E-state index contributed by atoms with van der Waals surface area (Å²) in [6.07, 6.45) is 7.28. The molecule has 0 radical (unpaired) electrons. The van der Waals surface area contributed by atoms with Crippen LogP contribution in [0.1, 0.15) is 42.6 Å². The Hall–Kier alpha value is -1.52. The van der Waals surface area contributed by atoms with Gasteiger partial charge in [-0.05, 0) is 44.1 Å². The fourth-order valence-electron chi connectivity index (χ4n) is 2.86. The maximum absolute atomic E-state index is 6.05. The van der Waals surface area contributed by atoms with E-state index in [4.69, 9.17) is 5.73 Å². The first kappa shape index (κ1) is 12.5. The number of aliphatic imine (C=N–C) groups is 1. The number of aryl methyl sites for hydroxylation is 2. The quantitative estimate of drug-likeness (QED) is 0.657. The summed E-state index contributed by atoms with van der Waals surface area (Å²) in [6.45, 7) is 0.654. The van der Waals surface area contributed by atoms with Crippen LogP contribution in [0.4, 0.5) is 0 Å². The number of hydrogen-bond donors (Lipinski definition) is 1. The van der Waals surface area contributed by atoms with Crippen molar-refractivity contribution >= 4 is 5.96 Å². The molecule has 0 amide bonds. The molecule has 0 atom stereocenters. The molecule has 0 bridgehead atoms. The van der Waals surface area contributed by atoms with Crippen LogP contribution in [-0.4, -0.2) is 33.7 Å². The van der Waals surface area contributed by atoms with Crippen molar-refractivity contribution in [2.75, 3.05) is 7.05 Å². The summed E-state index contributed by atoms with van der Waals surface area (Å²) < 4.78 is 1.99. The minimum Gasteiger partial charge on any atom is -0.370 e. The lowest BCUT2D eigenvalue weighted by Gasteiger charge is -2.17. The van der Waals surface area contributed by atoms with Crippen LogP contribution in [0.3, 0.4) is 0 Å². The summed E-state index contributed by atoms with van der Waals surface area (Å²) in [4.78, 5) is 6.66. The molecule has 1 aromatic heterocycles. The van der Waals surface area contributed by atoms with Crippen molar-refractivity contribution in [3.05, 3.63) is 17.0 Å². The zero-order chi connectivity index (χ0) is 13.4. The maximum atomic E-state index is 6.05. The van der Waals surface area contributed by atoms with Crippen LogP contribution >= 0.6 is 0 Å². The van der Waals surface area contributed by atoms with E-state index in [-0.39, 0.29) is 0 Å². The monoisotopic (exact) mass is 261 g/mol. The predicted octanol–water partition coefficient (Wildman–Crippen LogP) is 1.21. The Bertz CT molecular complexity index is 498. The van der Waals surface area contributed by atoms with E-state index < -0.39 is 0 Å². The van der Waals surface area contributed by atoms with Gasteiger partial charge in [-0.3, -0.25) is 4.68 Å². The highest BCUT2D eigenvalue weighted by Crippen LogP contribution is 2.26. The lowest BCUT2D eigenvalue weighted by Crippen LogP contribution is -2.35. The maximum Gasteiger partial charge on any atom is 0.191 e. The number of guanidine groups is 1. The summed E-state index contributed by atoms with van der Waals surface area (Å²) in [5.41, 5.74) is 9.97. The molecule has 2 N–H and O–H groups in total. The van der Waals surface area contributed by atoms with Gasteiger partial charge in [0, 0.05) is 20.1 Å². The molecule has 3 rings (SSSR count). The van der Waals surface area contributed by atoms with Crippen molar-refractivity contribution in [2.24, 2.45) is 17.8 Å². The van der Waals surface area contributed by atoms with E-state index in [1.165, 1.54) is 42.6 Å². The van der Waals surface area contributed by atoms with Crippen molar-refractivity contribution in [3.8, 4) is 0 Å². The van der Waals surface area contributed by atoms with E-state index in [9.17, 15) is 0 Å². The molecule has 0 aliphatic heterocycles. The van der Waals surface area contributed by atoms with Gasteiger partial charge in [0.05, 0.1) is 17.9 Å². The van der Waals surface area contributed by atoms with Crippen molar-refractivity contribution < 1.29 is 0 Å². The molecule has 1 aromatic rings. The standard InChI is InChI=1S/C14H23N5/c1-18(10-7-8-10)14(15)16-9-13-11-5-3-4-6-12(11)17-19(13)2/h10H,3-9H2,1-2H3,(H2,15,16). The molecule has 0 unspecified atom stereocenters. The van der Waals surface area contributed by atoms with Gasteiger partial charge in [0.15, 0.2) is 5.96 Å². The smallest absolute Gasteiger partial charge is 0.191 e. The molecule has 19 heavy (non-hydrogen) atoms. The van der Waals surface area contributed by atoms with Crippen LogP contribution in [0, 0.1) is 0 Å². The molecule has 104 valence electrons. The van der Waals surface area contributed by atoms with Crippen molar-refractivity contribution in [2.45, 2.75) is 51.1 Å². The summed E-state index contributed by atoms with van der Waals surface area (Å²) in [5.74, 6) is 0.660. The largest absolute Gasteiger partial charge is 0.370 e. The summed E-state index contributed by atoms with van der Waals surface area (Å²) in [7, 11) is 4.05. The van der Waals surface area contributed by atoms with Gasteiger partial charge in [-0.2, -0.15) is 5.10 Å². The van der Waals surface area contributed by atoms with Gasteiger partial charge in [-0.15, -0.1) is 0 Å². The van der Waals surface area contributed by atoms with Gasteiger partial charge in [-0.25, -0.2) is 4.99 Å². The molecule has 0 saturated heterocycles. The van der Waals surface area contributed by atoms with Gasteiger partial charge < -0.3 is 10.6 Å². The van der Waals surface area contributed by atoms with E-state index in [2.05, 4.69) is 15.0 Å². The number of nitrogens with zero attached hydrogens (tertiary/aromatic N) is 4. The SMILES string of the molecule is CN(C(N)=NCc1c2c(nn1C)CCCC2)C1CC1. The second kappa shape index (κ2) is 4.87. The van der Waals surface area contributed by atoms with E-state index in [1.54, 1.807) is 0 Å². The third-order valence-corrected chi connectivity index (χ3v) is 4.30. The summed E-state index contributed by atoms with van der Waals surface area (Å²) in [6, 6.07) is 0.615. The molecule has 5 nitrogen and oxygen atoms in total. The summed E-state index contributed by atoms with van der Waals surface area (Å²) in [5, 5.41) is 4.61. The van der Waals surface area contributed by atoms with Crippen LogP contribution in [0.5, 0.6) is 0 Å². The van der Waals surface area contributed by atoms with Crippen LogP contribution in [-0.2, 0) is 26.4 Å². The normalized spacial score (nSPS) is 19.4. The lowest BCUT2D eigenvalue weighted by molar-refractivity contribution is 0.486. The Morgan fingerprint density at radius 3 is 2.89 bits per heavy atom. The van der Waals surface area contributed by atoms with E-state index >= 15 is 0 Å². The number of nitrogens with two attached hydrogens (primary N) is 1. The second-order valence-electron chi connectivity index (χ2n) is 5.72. The van der Waals surface area contributed by atoms with Crippen molar-refractivity contribution in [1.82, 2.24) is 14.7 Å². The van der Waals surface area contributed by atoms with Gasteiger partial charge >= 0.3 is 0 Å². The van der Waals surface area contributed by atoms with Gasteiger partial charge in [0.25, 0.3) is 0 Å². The molecule has 1 heterocycles. The Morgan fingerprint density at radius 2 is 2.16 bits per heavy atom. The molecule has 5 heteroatoms. The minimum absolute atomic E-state index is 0.615. The second-order valence-corrected chi connectivity index (χ2v) is 5.72. The number of fused-ring (bicyclic) bond motifs is 1. The fourth-order valence-corrected chi connectivity index (χ4v) is 2.86. The topological polar surface area (TPSA) is 59.4 Å². The first-order valence-corrected chi connectivity index (χ1v) is 7.23. The molecule has 2 aliphatic carbocycles. The van der Waals surface area contributed by atoms with Crippen molar-refractivity contribution in [3.63, 3.8) is 0 Å². The highest BCUT2D eigenvalue weighted by atomic mass is 15.3. The number of rotatable bonds is 3.